The maximum absolute atomic E-state index is 11.5. The van der Waals surface area contributed by atoms with Gasteiger partial charge in [-0.15, -0.1) is 0 Å². The van der Waals surface area contributed by atoms with Crippen LogP contribution in [0.25, 0.3) is 0 Å². The first-order valence-corrected chi connectivity index (χ1v) is 6.75. The van der Waals surface area contributed by atoms with Crippen LogP contribution in [0.3, 0.4) is 0 Å². The van der Waals surface area contributed by atoms with Gasteiger partial charge in [0.15, 0.2) is 0 Å². The van der Waals surface area contributed by atoms with Crippen molar-refractivity contribution in [1.82, 2.24) is 5.32 Å². The summed E-state index contributed by atoms with van der Waals surface area (Å²) in [5.74, 6) is 0.812. The summed E-state index contributed by atoms with van der Waals surface area (Å²) in [6.45, 7) is 4.28. The highest BCUT2D eigenvalue weighted by Crippen LogP contribution is 2.36. The van der Waals surface area contributed by atoms with Crippen molar-refractivity contribution < 1.29 is 4.79 Å². The van der Waals surface area contributed by atoms with Crippen molar-refractivity contribution in [2.45, 2.75) is 39.2 Å². The monoisotopic (exact) mass is 246 g/mol. The third-order valence-electron chi connectivity index (χ3n) is 3.69. The summed E-state index contributed by atoms with van der Waals surface area (Å²) in [4.78, 5) is 11.5. The molecular weight excluding hydrogens is 224 g/mol. The summed E-state index contributed by atoms with van der Waals surface area (Å²) >= 11 is 0. The lowest BCUT2D eigenvalue weighted by molar-refractivity contribution is 0.0963. The first-order valence-electron chi connectivity index (χ1n) is 6.75. The van der Waals surface area contributed by atoms with Gasteiger partial charge >= 0.3 is 0 Å². The second-order valence-corrected chi connectivity index (χ2v) is 5.11. The van der Waals surface area contributed by atoms with Gasteiger partial charge in [-0.1, -0.05) is 6.92 Å². The lowest BCUT2D eigenvalue weighted by atomic mass is 10.1. The Morgan fingerprint density at radius 3 is 2.67 bits per heavy atom. The minimum Gasteiger partial charge on any atom is -0.382 e. The molecule has 0 bridgehead atoms. The molecule has 0 aromatic heterocycles. The quantitative estimate of drug-likeness (QED) is 0.838. The number of carbonyl (C=O) groups is 1. The van der Waals surface area contributed by atoms with Crippen LogP contribution >= 0.6 is 0 Å². The Bertz CT molecular complexity index is 438. The van der Waals surface area contributed by atoms with Crippen LogP contribution in [0.2, 0.25) is 0 Å². The van der Waals surface area contributed by atoms with Crippen molar-refractivity contribution in [1.29, 1.82) is 0 Å². The fourth-order valence-electron chi connectivity index (χ4n) is 2.36. The molecule has 1 aromatic rings. The van der Waals surface area contributed by atoms with E-state index in [0.29, 0.717) is 6.04 Å². The van der Waals surface area contributed by atoms with E-state index in [1.807, 2.05) is 25.1 Å². The lowest BCUT2D eigenvalue weighted by Crippen LogP contribution is -2.22. The molecule has 0 radical (unpaired) electrons. The van der Waals surface area contributed by atoms with Gasteiger partial charge in [-0.2, -0.15) is 0 Å². The van der Waals surface area contributed by atoms with Gasteiger partial charge in [0.1, 0.15) is 0 Å². The van der Waals surface area contributed by atoms with E-state index in [1.54, 1.807) is 7.05 Å². The van der Waals surface area contributed by atoms with Crippen LogP contribution < -0.4 is 10.6 Å². The number of anilines is 1. The topological polar surface area (TPSA) is 41.1 Å². The standard InChI is InChI=1S/C15H22N2O/c1-4-13(11-5-6-11)17-14-8-7-12(9-10(14)2)15(18)16-3/h7-9,11,13,17H,4-6H2,1-3H3,(H,16,18). The van der Waals surface area contributed by atoms with Gasteiger partial charge in [-0.05, 0) is 55.9 Å². The van der Waals surface area contributed by atoms with Crippen LogP contribution in [0.5, 0.6) is 0 Å². The normalized spacial score (nSPS) is 16.2. The molecule has 1 aliphatic carbocycles. The number of aryl methyl sites for hydroxylation is 1. The molecule has 98 valence electrons. The van der Waals surface area contributed by atoms with Crippen molar-refractivity contribution in [2.24, 2.45) is 5.92 Å². The van der Waals surface area contributed by atoms with Gasteiger partial charge in [0.05, 0.1) is 0 Å². The van der Waals surface area contributed by atoms with Crippen LogP contribution in [0.4, 0.5) is 5.69 Å². The molecule has 0 spiro atoms. The third-order valence-corrected chi connectivity index (χ3v) is 3.69. The summed E-state index contributed by atoms with van der Waals surface area (Å²) in [5, 5.41) is 6.26. The van der Waals surface area contributed by atoms with Gasteiger partial charge in [-0.25, -0.2) is 0 Å². The molecule has 2 rings (SSSR count). The molecular formula is C15H22N2O. The fraction of sp³-hybridized carbons (Fsp3) is 0.533. The Balaban J connectivity index is 2.11. The van der Waals surface area contributed by atoms with Gasteiger partial charge in [0.2, 0.25) is 0 Å². The van der Waals surface area contributed by atoms with E-state index in [0.717, 1.165) is 29.2 Å². The van der Waals surface area contributed by atoms with Crippen LogP contribution in [-0.4, -0.2) is 19.0 Å². The predicted octanol–water partition coefficient (Wildman–Crippen LogP) is 2.96. The smallest absolute Gasteiger partial charge is 0.251 e. The SMILES string of the molecule is CCC(Nc1ccc(C(=O)NC)cc1C)C1CC1. The molecule has 3 nitrogen and oxygen atoms in total. The molecule has 1 aromatic carbocycles. The number of hydrogen-bond donors (Lipinski definition) is 2. The van der Waals surface area contributed by atoms with Crippen molar-refractivity contribution in [3.63, 3.8) is 0 Å². The molecule has 1 fully saturated rings. The van der Waals surface area contributed by atoms with Crippen molar-refractivity contribution in [2.75, 3.05) is 12.4 Å². The average molecular weight is 246 g/mol. The summed E-state index contributed by atoms with van der Waals surface area (Å²) in [5.41, 5.74) is 3.01. The highest BCUT2D eigenvalue weighted by Gasteiger charge is 2.29. The molecule has 18 heavy (non-hydrogen) atoms. The number of benzene rings is 1. The van der Waals surface area contributed by atoms with Crippen molar-refractivity contribution >= 4 is 11.6 Å². The second kappa shape index (κ2) is 5.42. The lowest BCUT2D eigenvalue weighted by Gasteiger charge is -2.19. The van der Waals surface area contributed by atoms with E-state index in [2.05, 4.69) is 17.6 Å². The maximum Gasteiger partial charge on any atom is 0.251 e. The Labute approximate surface area is 109 Å². The van der Waals surface area contributed by atoms with E-state index in [-0.39, 0.29) is 5.91 Å². The third kappa shape index (κ3) is 2.84. The van der Waals surface area contributed by atoms with Crippen molar-refractivity contribution in [3.05, 3.63) is 29.3 Å². The predicted molar refractivity (Wildman–Crippen MR) is 75.0 cm³/mol. The molecule has 0 heterocycles. The molecule has 1 unspecified atom stereocenters. The summed E-state index contributed by atoms with van der Waals surface area (Å²) in [6, 6.07) is 6.43. The first-order chi connectivity index (χ1) is 8.65. The van der Waals surface area contributed by atoms with E-state index in [4.69, 9.17) is 0 Å². The molecule has 2 N–H and O–H groups in total. The largest absolute Gasteiger partial charge is 0.382 e. The minimum atomic E-state index is -0.0288. The highest BCUT2D eigenvalue weighted by molar-refractivity contribution is 5.94. The van der Waals surface area contributed by atoms with Gasteiger partial charge < -0.3 is 10.6 Å². The molecule has 1 aliphatic rings. The Morgan fingerprint density at radius 1 is 1.44 bits per heavy atom. The Morgan fingerprint density at radius 2 is 2.17 bits per heavy atom. The molecule has 1 atom stereocenters. The van der Waals surface area contributed by atoms with Crippen LogP contribution in [0, 0.1) is 12.8 Å². The van der Waals surface area contributed by atoms with E-state index in [9.17, 15) is 4.79 Å². The zero-order valence-electron chi connectivity index (χ0n) is 11.4. The number of amides is 1. The summed E-state index contributed by atoms with van der Waals surface area (Å²) in [6.07, 6.45) is 3.85. The van der Waals surface area contributed by atoms with Gasteiger partial charge in [0, 0.05) is 24.3 Å². The zero-order valence-corrected chi connectivity index (χ0v) is 11.4. The average Bonchev–Trinajstić information content (AvgIpc) is 3.20. The first kappa shape index (κ1) is 12.9. The van der Waals surface area contributed by atoms with Crippen LogP contribution in [0.1, 0.15) is 42.1 Å². The van der Waals surface area contributed by atoms with Crippen molar-refractivity contribution in [3.8, 4) is 0 Å². The Hall–Kier alpha value is -1.51. The number of nitrogens with one attached hydrogen (secondary N) is 2. The Kier molecular flexibility index (Phi) is 3.90. The number of carbonyl (C=O) groups excluding carboxylic acids is 1. The second-order valence-electron chi connectivity index (χ2n) is 5.11. The maximum atomic E-state index is 11.5. The molecule has 1 amide bonds. The number of hydrogen-bond acceptors (Lipinski definition) is 2. The molecule has 1 saturated carbocycles. The van der Waals surface area contributed by atoms with E-state index >= 15 is 0 Å². The minimum absolute atomic E-state index is 0.0288. The fourth-order valence-corrected chi connectivity index (χ4v) is 2.36. The summed E-state index contributed by atoms with van der Waals surface area (Å²) < 4.78 is 0. The highest BCUT2D eigenvalue weighted by atomic mass is 16.1. The van der Waals surface area contributed by atoms with E-state index < -0.39 is 0 Å². The molecule has 3 heteroatoms. The molecule has 0 aliphatic heterocycles. The summed E-state index contributed by atoms with van der Waals surface area (Å²) in [7, 11) is 1.66. The van der Waals surface area contributed by atoms with Crippen LogP contribution in [0.15, 0.2) is 18.2 Å². The number of rotatable bonds is 5. The van der Waals surface area contributed by atoms with Gasteiger partial charge in [-0.3, -0.25) is 4.79 Å². The van der Waals surface area contributed by atoms with E-state index in [1.165, 1.54) is 12.8 Å². The molecule has 0 saturated heterocycles. The van der Waals surface area contributed by atoms with Gasteiger partial charge in [0.25, 0.3) is 5.91 Å². The van der Waals surface area contributed by atoms with Crippen LogP contribution in [-0.2, 0) is 0 Å². The zero-order chi connectivity index (χ0) is 13.1.